The minimum Gasteiger partial charge on any atom is -0.351 e. The van der Waals surface area contributed by atoms with Gasteiger partial charge < -0.3 is 26.2 Å². The van der Waals surface area contributed by atoms with Crippen molar-refractivity contribution in [2.75, 3.05) is 39.3 Å². The predicted molar refractivity (Wildman–Crippen MR) is 112 cm³/mol. The van der Waals surface area contributed by atoms with E-state index in [1.54, 1.807) is 16.0 Å². The van der Waals surface area contributed by atoms with E-state index in [1.165, 1.54) is 0 Å². The molecule has 9 heteroatoms. The molecule has 2 fully saturated rings. The zero-order chi connectivity index (χ0) is 21.1. The highest BCUT2D eigenvalue weighted by Gasteiger charge is 2.34. The van der Waals surface area contributed by atoms with Gasteiger partial charge in [-0.3, -0.25) is 19.4 Å². The normalized spacial score (nSPS) is 21.6. The number of nitrogens with one attached hydrogen (secondary N) is 2. The first-order valence-electron chi connectivity index (χ1n) is 10.2. The van der Waals surface area contributed by atoms with E-state index < -0.39 is 0 Å². The molecule has 158 valence electrons. The van der Waals surface area contributed by atoms with Crippen molar-refractivity contribution in [2.45, 2.75) is 18.5 Å². The van der Waals surface area contributed by atoms with Crippen LogP contribution in [0.2, 0.25) is 0 Å². The highest BCUT2D eigenvalue weighted by molar-refractivity contribution is 5.97. The van der Waals surface area contributed by atoms with Gasteiger partial charge in [-0.1, -0.05) is 18.2 Å². The number of carbonyl (C=O) groups is 3. The maximum atomic E-state index is 12.9. The summed E-state index contributed by atoms with van der Waals surface area (Å²) in [5.41, 5.74) is 6.74. The van der Waals surface area contributed by atoms with Crippen LogP contribution in [0.5, 0.6) is 0 Å². The molecule has 9 nitrogen and oxygen atoms in total. The number of hydrogen-bond acceptors (Lipinski definition) is 6. The molecular formula is C21H26N6O3. The molecule has 2 atom stereocenters. The largest absolute Gasteiger partial charge is 0.351 e. The fraction of sp³-hybridized carbons (Fsp3) is 0.429. The highest BCUT2D eigenvalue weighted by Crippen LogP contribution is 2.16. The Hall–Kier alpha value is -3.04. The topological polar surface area (TPSA) is 121 Å². The summed E-state index contributed by atoms with van der Waals surface area (Å²) in [4.78, 5) is 45.0. The lowest BCUT2D eigenvalue weighted by molar-refractivity contribution is -0.134. The number of nitrogens with two attached hydrogens (primary N) is 1. The van der Waals surface area contributed by atoms with Crippen LogP contribution in [0.15, 0.2) is 36.5 Å². The summed E-state index contributed by atoms with van der Waals surface area (Å²) in [6.07, 6.45) is 2.16. The number of piperazine rings is 1. The van der Waals surface area contributed by atoms with Crippen molar-refractivity contribution in [3.63, 3.8) is 0 Å². The Morgan fingerprint density at radius 3 is 2.63 bits per heavy atom. The van der Waals surface area contributed by atoms with E-state index in [2.05, 4.69) is 15.6 Å². The first kappa shape index (κ1) is 20.2. The number of hydrogen-bond donors (Lipinski definition) is 3. The molecule has 0 bridgehead atoms. The van der Waals surface area contributed by atoms with Gasteiger partial charge in [0.1, 0.15) is 0 Å². The molecule has 4 rings (SSSR count). The van der Waals surface area contributed by atoms with E-state index in [-0.39, 0.29) is 36.3 Å². The summed E-state index contributed by atoms with van der Waals surface area (Å²) in [6, 6.07) is 9.15. The molecule has 0 saturated carbocycles. The number of aromatic nitrogens is 1. The van der Waals surface area contributed by atoms with E-state index in [1.807, 2.05) is 30.3 Å². The number of nitrogens with zero attached hydrogens (tertiary/aromatic N) is 3. The van der Waals surface area contributed by atoms with Crippen LogP contribution in [0.3, 0.4) is 0 Å². The average Bonchev–Trinajstić information content (AvgIpc) is 3.26. The van der Waals surface area contributed by atoms with Gasteiger partial charge in [-0.05, 0) is 18.6 Å². The lowest BCUT2D eigenvalue weighted by Crippen LogP contribution is -2.54. The van der Waals surface area contributed by atoms with Crippen molar-refractivity contribution in [1.82, 2.24) is 25.4 Å². The molecule has 0 spiro atoms. The molecule has 2 aliphatic rings. The summed E-state index contributed by atoms with van der Waals surface area (Å²) in [5.74, 6) is -0.270. The molecule has 4 N–H and O–H groups in total. The van der Waals surface area contributed by atoms with Crippen LogP contribution in [-0.4, -0.2) is 83.9 Å². The van der Waals surface area contributed by atoms with Crippen molar-refractivity contribution >= 4 is 28.6 Å². The van der Waals surface area contributed by atoms with Crippen LogP contribution in [0.4, 0.5) is 0 Å². The van der Waals surface area contributed by atoms with Gasteiger partial charge in [0.15, 0.2) is 0 Å². The molecule has 2 saturated heterocycles. The third-order valence-electron chi connectivity index (χ3n) is 5.70. The Morgan fingerprint density at radius 1 is 1.13 bits per heavy atom. The molecule has 30 heavy (non-hydrogen) atoms. The second-order valence-electron chi connectivity index (χ2n) is 7.70. The van der Waals surface area contributed by atoms with Gasteiger partial charge in [0, 0.05) is 50.3 Å². The van der Waals surface area contributed by atoms with E-state index in [4.69, 9.17) is 5.73 Å². The van der Waals surface area contributed by atoms with E-state index in [0.29, 0.717) is 44.7 Å². The van der Waals surface area contributed by atoms with Crippen molar-refractivity contribution < 1.29 is 14.4 Å². The Kier molecular flexibility index (Phi) is 5.91. The van der Waals surface area contributed by atoms with Gasteiger partial charge in [-0.2, -0.15) is 0 Å². The molecule has 0 unspecified atom stereocenters. The number of benzene rings is 1. The molecule has 0 radical (unpaired) electrons. The number of rotatable bonds is 4. The van der Waals surface area contributed by atoms with Gasteiger partial charge in [0.2, 0.25) is 11.8 Å². The fourth-order valence-electron chi connectivity index (χ4n) is 4.04. The van der Waals surface area contributed by atoms with Gasteiger partial charge in [-0.15, -0.1) is 0 Å². The number of pyridine rings is 1. The van der Waals surface area contributed by atoms with Crippen LogP contribution in [0.1, 0.15) is 16.8 Å². The Morgan fingerprint density at radius 2 is 1.87 bits per heavy atom. The minimum absolute atomic E-state index is 0.0129. The van der Waals surface area contributed by atoms with Crippen molar-refractivity contribution in [3.8, 4) is 0 Å². The van der Waals surface area contributed by atoms with Crippen LogP contribution >= 0.6 is 0 Å². The zero-order valence-corrected chi connectivity index (χ0v) is 16.7. The summed E-state index contributed by atoms with van der Waals surface area (Å²) < 4.78 is 0. The van der Waals surface area contributed by atoms with Gasteiger partial charge >= 0.3 is 0 Å². The maximum Gasteiger partial charge on any atom is 0.255 e. The molecule has 3 heterocycles. The third-order valence-corrected chi connectivity index (χ3v) is 5.70. The number of para-hydroxylation sites is 1. The summed E-state index contributed by atoms with van der Waals surface area (Å²) in [7, 11) is 0. The first-order chi connectivity index (χ1) is 14.5. The van der Waals surface area contributed by atoms with E-state index in [0.717, 1.165) is 10.9 Å². The standard InChI is InChI=1S/C21H26N6O3/c22-11-19(28)25-16-10-18(24-13-16)21(30)27-7-5-26(6-8-27)20(29)15-9-14-3-1-2-4-17(14)23-12-15/h1-4,9,12,16,18,24H,5-8,10-11,13,22H2,(H,25,28)/t16-,18+/m1/s1. The lowest BCUT2D eigenvalue weighted by Gasteiger charge is -2.36. The number of amides is 3. The van der Waals surface area contributed by atoms with E-state index >= 15 is 0 Å². The molecule has 1 aromatic heterocycles. The highest BCUT2D eigenvalue weighted by atomic mass is 16.2. The quantitative estimate of drug-likeness (QED) is 0.615. The summed E-state index contributed by atoms with van der Waals surface area (Å²) in [5, 5.41) is 6.92. The number of fused-ring (bicyclic) bond motifs is 1. The fourth-order valence-corrected chi connectivity index (χ4v) is 4.04. The van der Waals surface area contributed by atoms with E-state index in [9.17, 15) is 14.4 Å². The summed E-state index contributed by atoms with van der Waals surface area (Å²) >= 11 is 0. The van der Waals surface area contributed by atoms with Gasteiger partial charge in [-0.25, -0.2) is 0 Å². The molecule has 1 aromatic carbocycles. The lowest BCUT2D eigenvalue weighted by atomic mass is 10.1. The van der Waals surface area contributed by atoms with Gasteiger partial charge in [0.05, 0.1) is 23.7 Å². The second kappa shape index (κ2) is 8.76. The van der Waals surface area contributed by atoms with Crippen molar-refractivity contribution in [2.24, 2.45) is 5.73 Å². The Bertz CT molecular complexity index is 957. The molecular weight excluding hydrogens is 384 g/mol. The van der Waals surface area contributed by atoms with Crippen molar-refractivity contribution in [1.29, 1.82) is 0 Å². The Labute approximate surface area is 174 Å². The summed E-state index contributed by atoms with van der Waals surface area (Å²) in [6.45, 7) is 2.44. The third kappa shape index (κ3) is 4.27. The maximum absolute atomic E-state index is 12.9. The first-order valence-corrected chi connectivity index (χ1v) is 10.2. The Balaban J connectivity index is 1.31. The van der Waals surface area contributed by atoms with Crippen LogP contribution in [0, 0.1) is 0 Å². The van der Waals surface area contributed by atoms with Gasteiger partial charge in [0.25, 0.3) is 5.91 Å². The SMILES string of the molecule is NCC(=O)N[C@H]1CN[C@H](C(=O)N2CCN(C(=O)c3cnc4ccccc4c3)CC2)C1. The van der Waals surface area contributed by atoms with Crippen molar-refractivity contribution in [3.05, 3.63) is 42.1 Å². The van der Waals surface area contributed by atoms with Crippen LogP contribution in [0.25, 0.3) is 10.9 Å². The zero-order valence-electron chi connectivity index (χ0n) is 16.7. The molecule has 3 amide bonds. The smallest absolute Gasteiger partial charge is 0.255 e. The predicted octanol–water partition coefficient (Wildman–Crippen LogP) is -0.675. The van der Waals surface area contributed by atoms with Crippen LogP contribution < -0.4 is 16.4 Å². The monoisotopic (exact) mass is 410 g/mol. The number of carbonyl (C=O) groups excluding carboxylic acids is 3. The molecule has 2 aromatic rings. The minimum atomic E-state index is -0.319. The average molecular weight is 410 g/mol. The van der Waals surface area contributed by atoms with Crippen LogP contribution in [-0.2, 0) is 9.59 Å². The molecule has 2 aliphatic heterocycles. The molecule has 0 aliphatic carbocycles. The second-order valence-corrected chi connectivity index (χ2v) is 7.70.